The molecule has 1 heterocycles. The average molecular weight is 392 g/mol. The van der Waals surface area contributed by atoms with Gasteiger partial charge in [0.05, 0.1) is 26.4 Å². The Balaban J connectivity index is 2.32. The van der Waals surface area contributed by atoms with Gasteiger partial charge >= 0.3 is 5.97 Å². The molecule has 0 aliphatic rings. The zero-order chi connectivity index (χ0) is 19.8. The first kappa shape index (κ1) is 20.3. The maximum absolute atomic E-state index is 12.4. The number of carboxylic acid groups (broad SMARTS) is 1. The van der Waals surface area contributed by atoms with E-state index in [0.29, 0.717) is 23.7 Å². The van der Waals surface area contributed by atoms with Crippen molar-refractivity contribution in [3.8, 4) is 11.5 Å². The zero-order valence-electron chi connectivity index (χ0n) is 15.0. The SMILES string of the molecule is CCCOc1cc(/C=N\n2c(=S)[nH]nc(CCC(=O)O)c2=O)ccc1OC. The van der Waals surface area contributed by atoms with Gasteiger partial charge in [-0.05, 0) is 42.4 Å². The van der Waals surface area contributed by atoms with Crippen LogP contribution in [0.15, 0.2) is 28.1 Å². The summed E-state index contributed by atoms with van der Waals surface area (Å²) >= 11 is 5.04. The molecule has 0 spiro atoms. The Hall–Kier alpha value is -3.01. The highest BCUT2D eigenvalue weighted by molar-refractivity contribution is 7.71. The van der Waals surface area contributed by atoms with Gasteiger partial charge in [0.25, 0.3) is 5.56 Å². The number of carboxylic acids is 1. The molecule has 0 saturated carbocycles. The van der Waals surface area contributed by atoms with E-state index in [1.807, 2.05) is 6.92 Å². The molecule has 0 aliphatic heterocycles. The van der Waals surface area contributed by atoms with Gasteiger partial charge in [-0.1, -0.05) is 6.92 Å². The molecule has 2 N–H and O–H groups in total. The largest absolute Gasteiger partial charge is 0.493 e. The first-order valence-corrected chi connectivity index (χ1v) is 8.64. The normalized spacial score (nSPS) is 10.9. The summed E-state index contributed by atoms with van der Waals surface area (Å²) in [5.74, 6) is 0.138. The van der Waals surface area contributed by atoms with E-state index >= 15 is 0 Å². The van der Waals surface area contributed by atoms with Gasteiger partial charge in [0.2, 0.25) is 4.77 Å². The third kappa shape index (κ3) is 5.48. The zero-order valence-corrected chi connectivity index (χ0v) is 15.8. The summed E-state index contributed by atoms with van der Waals surface area (Å²) in [6.45, 7) is 2.54. The summed E-state index contributed by atoms with van der Waals surface area (Å²) in [5.41, 5.74) is 0.157. The molecule has 10 heteroatoms. The molecule has 1 aromatic carbocycles. The summed E-state index contributed by atoms with van der Waals surface area (Å²) in [6, 6.07) is 5.23. The van der Waals surface area contributed by atoms with Crippen LogP contribution in [0.5, 0.6) is 11.5 Å². The van der Waals surface area contributed by atoms with Crippen molar-refractivity contribution in [2.45, 2.75) is 26.2 Å². The number of H-pyrrole nitrogens is 1. The molecule has 144 valence electrons. The average Bonchev–Trinajstić information content (AvgIpc) is 2.65. The summed E-state index contributed by atoms with van der Waals surface area (Å²) in [6.07, 6.45) is 2.06. The van der Waals surface area contributed by atoms with Crippen molar-refractivity contribution in [2.24, 2.45) is 5.10 Å². The van der Waals surface area contributed by atoms with E-state index in [1.54, 1.807) is 25.3 Å². The minimum atomic E-state index is -1.02. The Bertz CT molecular complexity index is 951. The lowest BCUT2D eigenvalue weighted by Gasteiger charge is -2.10. The summed E-state index contributed by atoms with van der Waals surface area (Å²) in [7, 11) is 1.55. The maximum Gasteiger partial charge on any atom is 0.303 e. The molecule has 0 saturated heterocycles. The molecule has 0 amide bonds. The molecule has 0 atom stereocenters. The number of nitrogens with one attached hydrogen (secondary N) is 1. The molecule has 2 rings (SSSR count). The van der Waals surface area contributed by atoms with Crippen molar-refractivity contribution in [3.63, 3.8) is 0 Å². The second kappa shape index (κ2) is 9.62. The van der Waals surface area contributed by atoms with Crippen LogP contribution < -0.4 is 15.0 Å². The van der Waals surface area contributed by atoms with E-state index in [1.165, 1.54) is 6.21 Å². The minimum Gasteiger partial charge on any atom is -0.493 e. The van der Waals surface area contributed by atoms with Crippen LogP contribution in [0.4, 0.5) is 0 Å². The lowest BCUT2D eigenvalue weighted by Crippen LogP contribution is -2.25. The Morgan fingerprint density at radius 3 is 2.89 bits per heavy atom. The van der Waals surface area contributed by atoms with E-state index in [0.717, 1.165) is 11.1 Å². The number of carbonyl (C=O) groups is 1. The highest BCUT2D eigenvalue weighted by atomic mass is 32.1. The van der Waals surface area contributed by atoms with Gasteiger partial charge in [0.15, 0.2) is 11.5 Å². The lowest BCUT2D eigenvalue weighted by molar-refractivity contribution is -0.136. The van der Waals surface area contributed by atoms with Crippen LogP contribution in [0.2, 0.25) is 0 Å². The van der Waals surface area contributed by atoms with Gasteiger partial charge in [-0.25, -0.2) is 0 Å². The highest BCUT2D eigenvalue weighted by Gasteiger charge is 2.09. The fourth-order valence-electron chi connectivity index (χ4n) is 2.14. The van der Waals surface area contributed by atoms with Gasteiger partial charge in [-0.3, -0.25) is 14.7 Å². The van der Waals surface area contributed by atoms with E-state index in [9.17, 15) is 9.59 Å². The summed E-state index contributed by atoms with van der Waals surface area (Å²) < 4.78 is 11.9. The minimum absolute atomic E-state index is 0.00583. The van der Waals surface area contributed by atoms with Gasteiger partial charge in [-0.15, -0.1) is 0 Å². The van der Waals surface area contributed by atoms with Gasteiger partial charge in [0, 0.05) is 6.42 Å². The number of aliphatic carboxylic acids is 1. The number of benzene rings is 1. The van der Waals surface area contributed by atoms with Gasteiger partial charge in [0.1, 0.15) is 5.69 Å². The molecule has 9 nitrogen and oxygen atoms in total. The van der Waals surface area contributed by atoms with Crippen LogP contribution in [0, 0.1) is 4.77 Å². The Morgan fingerprint density at radius 1 is 1.44 bits per heavy atom. The topological polar surface area (TPSA) is 119 Å². The Kier molecular flexibility index (Phi) is 7.24. The molecule has 0 fully saturated rings. The van der Waals surface area contributed by atoms with Crippen molar-refractivity contribution in [3.05, 3.63) is 44.6 Å². The smallest absolute Gasteiger partial charge is 0.303 e. The van der Waals surface area contributed by atoms with Crippen LogP contribution in [-0.2, 0) is 11.2 Å². The molecule has 0 unspecified atom stereocenters. The second-order valence-corrected chi connectivity index (χ2v) is 5.88. The van der Waals surface area contributed by atoms with Crippen molar-refractivity contribution in [1.82, 2.24) is 14.9 Å². The van der Waals surface area contributed by atoms with Crippen molar-refractivity contribution >= 4 is 24.4 Å². The quantitative estimate of drug-likeness (QED) is 0.495. The molecule has 0 radical (unpaired) electrons. The monoisotopic (exact) mass is 392 g/mol. The molecule has 2 aromatic rings. The number of nitrogens with zero attached hydrogens (tertiary/aromatic N) is 3. The van der Waals surface area contributed by atoms with Gasteiger partial charge < -0.3 is 14.6 Å². The summed E-state index contributed by atoms with van der Waals surface area (Å²) in [4.78, 5) is 23.1. The molecule has 0 bridgehead atoms. The maximum atomic E-state index is 12.4. The standard InChI is InChI=1S/C17H20N4O5S/c1-3-8-26-14-9-11(4-6-13(14)25-2)10-18-21-16(24)12(5-7-15(22)23)19-20-17(21)27/h4,6,9-10H,3,5,7-8H2,1-2H3,(H,20,27)(H,22,23)/b18-10-. The van der Waals surface area contributed by atoms with E-state index < -0.39 is 11.5 Å². The highest BCUT2D eigenvalue weighted by Crippen LogP contribution is 2.27. The fraction of sp³-hybridized carbons (Fsp3) is 0.353. The van der Waals surface area contributed by atoms with Crippen molar-refractivity contribution in [1.29, 1.82) is 0 Å². The number of hydrogen-bond acceptors (Lipinski definition) is 7. The number of aromatic amines is 1. The molecule has 27 heavy (non-hydrogen) atoms. The van der Waals surface area contributed by atoms with Crippen LogP contribution in [-0.4, -0.2) is 45.9 Å². The van der Waals surface area contributed by atoms with Crippen LogP contribution in [0.25, 0.3) is 0 Å². The van der Waals surface area contributed by atoms with E-state index in [2.05, 4.69) is 15.3 Å². The predicted molar refractivity (Wildman–Crippen MR) is 101 cm³/mol. The Labute approximate surface area is 160 Å². The third-order valence-electron chi connectivity index (χ3n) is 3.47. The number of hydrogen-bond donors (Lipinski definition) is 2. The second-order valence-electron chi connectivity index (χ2n) is 5.49. The third-order valence-corrected chi connectivity index (χ3v) is 3.73. The van der Waals surface area contributed by atoms with Crippen LogP contribution >= 0.6 is 12.2 Å². The van der Waals surface area contributed by atoms with E-state index in [-0.39, 0.29) is 23.3 Å². The number of aryl methyl sites for hydroxylation is 1. The molecular weight excluding hydrogens is 372 g/mol. The molecule has 0 aliphatic carbocycles. The molecule has 1 aromatic heterocycles. The number of methoxy groups -OCH3 is 1. The van der Waals surface area contributed by atoms with E-state index in [4.69, 9.17) is 26.8 Å². The summed E-state index contributed by atoms with van der Waals surface area (Å²) in [5, 5.41) is 19.2. The van der Waals surface area contributed by atoms with Crippen molar-refractivity contribution < 1.29 is 19.4 Å². The van der Waals surface area contributed by atoms with Crippen LogP contribution in [0.1, 0.15) is 31.0 Å². The Morgan fingerprint density at radius 2 is 2.22 bits per heavy atom. The predicted octanol–water partition coefficient (Wildman–Crippen LogP) is 2.00. The van der Waals surface area contributed by atoms with Gasteiger partial charge in [-0.2, -0.15) is 14.9 Å². The van der Waals surface area contributed by atoms with Crippen molar-refractivity contribution in [2.75, 3.05) is 13.7 Å². The first-order chi connectivity index (χ1) is 13.0. The van der Waals surface area contributed by atoms with Crippen LogP contribution in [0.3, 0.4) is 0 Å². The number of ether oxygens (including phenoxy) is 2. The lowest BCUT2D eigenvalue weighted by atomic mass is 10.2. The number of aromatic nitrogens is 3. The number of rotatable bonds is 9. The molecular formula is C17H20N4O5S. The fourth-order valence-corrected chi connectivity index (χ4v) is 2.32. The first-order valence-electron chi connectivity index (χ1n) is 8.23.